The third-order valence-corrected chi connectivity index (χ3v) is 2.74. The molecule has 2 rings (SSSR count). The van der Waals surface area contributed by atoms with Crippen LogP contribution in [0.5, 0.6) is 0 Å². The number of aliphatic hydroxyl groups is 1. The first-order chi connectivity index (χ1) is 11.0. The van der Waals surface area contributed by atoms with Gasteiger partial charge in [-0.3, -0.25) is 0 Å². The lowest BCUT2D eigenvalue weighted by molar-refractivity contribution is -0.150. The Bertz CT molecular complexity index is 597. The van der Waals surface area contributed by atoms with Crippen LogP contribution in [0.2, 0.25) is 0 Å². The van der Waals surface area contributed by atoms with Crippen molar-refractivity contribution < 1.29 is 29.3 Å². The van der Waals surface area contributed by atoms with Crippen molar-refractivity contribution in [3.63, 3.8) is 0 Å². The molecule has 0 aliphatic rings. The molecular formula is C17H18O6. The molecule has 6 nitrogen and oxygen atoms in total. The quantitative estimate of drug-likeness (QED) is 0.842. The first kappa shape index (κ1) is 18.2. The zero-order valence-electron chi connectivity index (χ0n) is 12.6. The molecule has 0 radical (unpaired) electrons. The molecule has 0 amide bonds. The van der Waals surface area contributed by atoms with Crippen LogP contribution < -0.4 is 0 Å². The number of aliphatic hydroxyl groups excluding tert-OH is 1. The van der Waals surface area contributed by atoms with E-state index in [4.69, 9.17) is 5.11 Å². The van der Waals surface area contributed by atoms with E-state index in [0.717, 1.165) is 5.56 Å². The van der Waals surface area contributed by atoms with Crippen LogP contribution in [0.3, 0.4) is 0 Å². The molecule has 1 atom stereocenters. The number of hydrogen-bond acceptors (Lipinski definition) is 5. The van der Waals surface area contributed by atoms with E-state index in [-0.39, 0.29) is 6.61 Å². The molecule has 2 aromatic carbocycles. The molecule has 0 spiro atoms. The zero-order chi connectivity index (χ0) is 17.1. The van der Waals surface area contributed by atoms with Gasteiger partial charge in [-0.05, 0) is 11.1 Å². The number of carboxylic acid groups (broad SMARTS) is 1. The Balaban J connectivity index is 0.000000231. The molecule has 23 heavy (non-hydrogen) atoms. The molecule has 122 valence electrons. The van der Waals surface area contributed by atoms with Crippen LogP contribution in [0.25, 0.3) is 0 Å². The highest BCUT2D eigenvalue weighted by molar-refractivity contribution is 5.75. The number of esters is 1. The number of hydrogen-bond donors (Lipinski definition) is 2. The van der Waals surface area contributed by atoms with Crippen molar-refractivity contribution in [1.82, 2.24) is 0 Å². The van der Waals surface area contributed by atoms with Crippen molar-refractivity contribution in [3.8, 4) is 0 Å². The number of carbonyl (C=O) groups is 2. The lowest BCUT2D eigenvalue weighted by Gasteiger charge is -2.07. The van der Waals surface area contributed by atoms with Crippen LogP contribution in [-0.2, 0) is 20.9 Å². The minimum Gasteiger partial charge on any atom is -0.467 e. The normalized spacial score (nSPS) is 10.7. The smallest absolute Gasteiger partial charge is 0.467 e. The van der Waals surface area contributed by atoms with Gasteiger partial charge in [-0.15, -0.1) is 0 Å². The summed E-state index contributed by atoms with van der Waals surface area (Å²) in [6.45, 7) is 0.121. The lowest BCUT2D eigenvalue weighted by Crippen LogP contribution is -2.13. The van der Waals surface area contributed by atoms with E-state index in [1.807, 2.05) is 36.4 Å². The van der Waals surface area contributed by atoms with Gasteiger partial charge in [0.1, 0.15) is 6.61 Å². The van der Waals surface area contributed by atoms with Crippen LogP contribution in [0.15, 0.2) is 60.7 Å². The van der Waals surface area contributed by atoms with Gasteiger partial charge in [0.25, 0.3) is 0 Å². The largest absolute Gasteiger partial charge is 0.506 e. The molecule has 0 aromatic heterocycles. The van der Waals surface area contributed by atoms with E-state index in [2.05, 4.69) is 9.47 Å². The van der Waals surface area contributed by atoms with Gasteiger partial charge in [0.2, 0.25) is 0 Å². The minimum absolute atomic E-state index is 0.121. The van der Waals surface area contributed by atoms with E-state index in [9.17, 15) is 14.7 Å². The van der Waals surface area contributed by atoms with E-state index >= 15 is 0 Å². The van der Waals surface area contributed by atoms with Crippen molar-refractivity contribution in [1.29, 1.82) is 0 Å². The van der Waals surface area contributed by atoms with Crippen LogP contribution in [-0.4, -0.2) is 29.4 Å². The van der Waals surface area contributed by atoms with Gasteiger partial charge >= 0.3 is 12.1 Å². The number of rotatable bonds is 4. The molecule has 0 saturated heterocycles. The summed E-state index contributed by atoms with van der Waals surface area (Å²) in [5.74, 6) is -0.638. The molecule has 0 saturated carbocycles. The van der Waals surface area contributed by atoms with E-state index in [0.29, 0.717) is 5.56 Å². The number of ether oxygens (including phenoxy) is 2. The second kappa shape index (κ2) is 9.97. The van der Waals surface area contributed by atoms with Crippen molar-refractivity contribution in [3.05, 3.63) is 71.8 Å². The van der Waals surface area contributed by atoms with Gasteiger partial charge in [0.05, 0.1) is 7.11 Å². The second-order valence-electron chi connectivity index (χ2n) is 4.38. The van der Waals surface area contributed by atoms with Gasteiger partial charge in [0, 0.05) is 0 Å². The summed E-state index contributed by atoms with van der Waals surface area (Å²) in [6, 6.07) is 17.8. The molecule has 0 aliphatic heterocycles. The van der Waals surface area contributed by atoms with Gasteiger partial charge in [0.15, 0.2) is 6.10 Å². The molecule has 2 N–H and O–H groups in total. The molecule has 0 bridgehead atoms. The average Bonchev–Trinajstić information content (AvgIpc) is 2.61. The Morgan fingerprint density at radius 1 is 1.00 bits per heavy atom. The maximum Gasteiger partial charge on any atom is 0.506 e. The fourth-order valence-corrected chi connectivity index (χ4v) is 1.60. The predicted octanol–water partition coefficient (Wildman–Crippen LogP) is 2.77. The van der Waals surface area contributed by atoms with E-state index < -0.39 is 18.2 Å². The van der Waals surface area contributed by atoms with Crippen LogP contribution in [0, 0.1) is 0 Å². The van der Waals surface area contributed by atoms with Crippen molar-refractivity contribution in [2.75, 3.05) is 7.11 Å². The summed E-state index contributed by atoms with van der Waals surface area (Å²) in [5, 5.41) is 17.5. The molecule has 0 heterocycles. The molecule has 0 fully saturated rings. The second-order valence-corrected chi connectivity index (χ2v) is 4.38. The third-order valence-electron chi connectivity index (χ3n) is 2.74. The predicted molar refractivity (Wildman–Crippen MR) is 82.7 cm³/mol. The number of benzene rings is 2. The Morgan fingerprint density at radius 3 is 2.00 bits per heavy atom. The van der Waals surface area contributed by atoms with Crippen LogP contribution >= 0.6 is 0 Å². The molecule has 2 aromatic rings. The van der Waals surface area contributed by atoms with Crippen molar-refractivity contribution in [2.45, 2.75) is 12.7 Å². The fraction of sp³-hybridized carbons (Fsp3) is 0.176. The third kappa shape index (κ3) is 7.10. The topological polar surface area (TPSA) is 93.1 Å². The molecule has 0 aliphatic carbocycles. The van der Waals surface area contributed by atoms with E-state index in [1.165, 1.54) is 7.11 Å². The highest BCUT2D eigenvalue weighted by Crippen LogP contribution is 2.12. The highest BCUT2D eigenvalue weighted by atomic mass is 16.7. The highest BCUT2D eigenvalue weighted by Gasteiger charge is 2.16. The fourth-order valence-electron chi connectivity index (χ4n) is 1.60. The lowest BCUT2D eigenvalue weighted by atomic mass is 10.1. The van der Waals surface area contributed by atoms with Gasteiger partial charge in [-0.25, -0.2) is 9.59 Å². The van der Waals surface area contributed by atoms with Crippen LogP contribution in [0.4, 0.5) is 4.79 Å². The summed E-state index contributed by atoms with van der Waals surface area (Å²) in [5.41, 5.74) is 1.40. The monoisotopic (exact) mass is 318 g/mol. The maximum absolute atomic E-state index is 10.8. The Hall–Kier alpha value is -2.86. The SMILES string of the molecule is COC(=O)C(O)c1ccccc1.O=C(O)OCc1ccccc1. The molecule has 6 heteroatoms. The van der Waals surface area contributed by atoms with Gasteiger partial charge in [-0.2, -0.15) is 0 Å². The van der Waals surface area contributed by atoms with Crippen molar-refractivity contribution in [2.24, 2.45) is 0 Å². The number of carbonyl (C=O) groups excluding carboxylic acids is 1. The first-order valence-electron chi connectivity index (χ1n) is 6.75. The average molecular weight is 318 g/mol. The first-order valence-corrected chi connectivity index (χ1v) is 6.75. The molecular weight excluding hydrogens is 300 g/mol. The minimum atomic E-state index is -1.24. The van der Waals surface area contributed by atoms with Gasteiger partial charge in [-0.1, -0.05) is 60.7 Å². The Morgan fingerprint density at radius 2 is 1.52 bits per heavy atom. The summed E-state index contributed by atoms with van der Waals surface area (Å²) >= 11 is 0. The summed E-state index contributed by atoms with van der Waals surface area (Å²) in [6.07, 6.45) is -2.41. The Labute approximate surface area is 133 Å². The summed E-state index contributed by atoms with van der Waals surface area (Å²) in [7, 11) is 1.24. The van der Waals surface area contributed by atoms with Crippen molar-refractivity contribution >= 4 is 12.1 Å². The van der Waals surface area contributed by atoms with Crippen LogP contribution in [0.1, 0.15) is 17.2 Å². The summed E-state index contributed by atoms with van der Waals surface area (Å²) < 4.78 is 8.72. The zero-order valence-corrected chi connectivity index (χ0v) is 12.6. The Kier molecular flexibility index (Phi) is 7.88. The standard InChI is InChI=1S/C9H10O3.C8H8O3/c1-12-9(11)8(10)7-5-3-2-4-6-7;9-8(10)11-6-7-4-2-1-3-5-7/h2-6,8,10H,1H3;1-5H,6H2,(H,9,10). The maximum atomic E-state index is 10.8. The molecule has 1 unspecified atom stereocenters. The number of methoxy groups -OCH3 is 1. The van der Waals surface area contributed by atoms with Gasteiger partial charge < -0.3 is 19.7 Å². The summed E-state index contributed by atoms with van der Waals surface area (Å²) in [4.78, 5) is 20.8. The van der Waals surface area contributed by atoms with E-state index in [1.54, 1.807) is 24.3 Å².